The third-order valence-corrected chi connectivity index (χ3v) is 2.37. The number of carbonyl (C=O) groups is 1. The van der Waals surface area contributed by atoms with Crippen molar-refractivity contribution in [3.8, 4) is 12.1 Å². The van der Waals surface area contributed by atoms with Crippen LogP contribution in [0, 0.1) is 22.7 Å². The molecule has 0 fully saturated rings. The molecule has 0 saturated carbocycles. The molecule has 19 heavy (non-hydrogen) atoms. The summed E-state index contributed by atoms with van der Waals surface area (Å²) < 4.78 is 0. The van der Waals surface area contributed by atoms with E-state index in [-0.39, 0.29) is 11.5 Å². The van der Waals surface area contributed by atoms with E-state index in [1.807, 2.05) is 24.3 Å². The summed E-state index contributed by atoms with van der Waals surface area (Å²) in [6.45, 7) is 2.09. The van der Waals surface area contributed by atoms with Crippen LogP contribution in [-0.2, 0) is 11.2 Å². The number of benzene rings is 1. The van der Waals surface area contributed by atoms with Gasteiger partial charge in [-0.2, -0.15) is 10.5 Å². The SMILES string of the molecule is CC(=O)NCCc1ccc(NC=C(C#N)C#N)cc1. The van der Waals surface area contributed by atoms with Gasteiger partial charge in [0.25, 0.3) is 0 Å². The van der Waals surface area contributed by atoms with Crippen LogP contribution in [0.5, 0.6) is 0 Å². The van der Waals surface area contributed by atoms with Gasteiger partial charge in [-0.25, -0.2) is 0 Å². The Morgan fingerprint density at radius 2 is 1.89 bits per heavy atom. The lowest BCUT2D eigenvalue weighted by Crippen LogP contribution is -2.22. The molecule has 0 bridgehead atoms. The van der Waals surface area contributed by atoms with Crippen molar-refractivity contribution in [1.29, 1.82) is 10.5 Å². The summed E-state index contributed by atoms with van der Waals surface area (Å²) in [4.78, 5) is 10.7. The minimum absolute atomic E-state index is 0.0229. The van der Waals surface area contributed by atoms with E-state index in [4.69, 9.17) is 10.5 Å². The average Bonchev–Trinajstić information content (AvgIpc) is 2.41. The van der Waals surface area contributed by atoms with Gasteiger partial charge in [-0.05, 0) is 24.1 Å². The summed E-state index contributed by atoms with van der Waals surface area (Å²) in [5, 5.41) is 22.7. The van der Waals surface area contributed by atoms with Gasteiger partial charge in [0.1, 0.15) is 17.7 Å². The number of anilines is 1. The first-order valence-electron chi connectivity index (χ1n) is 5.76. The Bertz CT molecular complexity index is 530. The molecule has 5 nitrogen and oxygen atoms in total. The second kappa shape index (κ2) is 7.52. The topological polar surface area (TPSA) is 88.7 Å². The molecule has 1 aromatic carbocycles. The number of allylic oxidation sites excluding steroid dienone is 1. The van der Waals surface area contributed by atoms with E-state index < -0.39 is 0 Å². The first-order valence-corrected chi connectivity index (χ1v) is 5.76. The fraction of sp³-hybridized carbons (Fsp3) is 0.214. The van der Waals surface area contributed by atoms with Crippen LogP contribution in [-0.4, -0.2) is 12.5 Å². The zero-order chi connectivity index (χ0) is 14.1. The van der Waals surface area contributed by atoms with Gasteiger partial charge in [0.05, 0.1) is 0 Å². The Labute approximate surface area is 112 Å². The Balaban J connectivity index is 2.53. The number of rotatable bonds is 5. The van der Waals surface area contributed by atoms with Gasteiger partial charge in [0.2, 0.25) is 5.91 Å². The van der Waals surface area contributed by atoms with Gasteiger partial charge < -0.3 is 10.6 Å². The van der Waals surface area contributed by atoms with Crippen LogP contribution < -0.4 is 10.6 Å². The van der Waals surface area contributed by atoms with Crippen molar-refractivity contribution in [3.63, 3.8) is 0 Å². The fourth-order valence-corrected chi connectivity index (χ4v) is 1.40. The normalized spacial score (nSPS) is 8.79. The molecule has 0 aliphatic rings. The molecule has 5 heteroatoms. The molecule has 0 aromatic heterocycles. The highest BCUT2D eigenvalue weighted by atomic mass is 16.1. The summed E-state index contributed by atoms with van der Waals surface area (Å²) in [6, 6.07) is 11.1. The third-order valence-electron chi connectivity index (χ3n) is 2.37. The molecule has 0 heterocycles. The summed E-state index contributed by atoms with van der Waals surface area (Å²) in [6.07, 6.45) is 2.13. The molecule has 96 valence electrons. The molecule has 2 N–H and O–H groups in total. The van der Waals surface area contributed by atoms with E-state index in [1.54, 1.807) is 12.1 Å². The second-order valence-corrected chi connectivity index (χ2v) is 3.86. The van der Waals surface area contributed by atoms with Gasteiger partial charge in [0, 0.05) is 25.4 Å². The molecule has 0 radical (unpaired) electrons. The predicted octanol–water partition coefficient (Wildman–Crippen LogP) is 1.71. The monoisotopic (exact) mass is 254 g/mol. The van der Waals surface area contributed by atoms with Crippen molar-refractivity contribution in [1.82, 2.24) is 5.32 Å². The Morgan fingerprint density at radius 3 is 2.42 bits per heavy atom. The highest BCUT2D eigenvalue weighted by Gasteiger charge is 1.96. The van der Waals surface area contributed by atoms with Crippen LogP contribution in [0.4, 0.5) is 5.69 Å². The van der Waals surface area contributed by atoms with Crippen LogP contribution in [0.25, 0.3) is 0 Å². The molecular formula is C14H14N4O. The Hall–Kier alpha value is -2.79. The van der Waals surface area contributed by atoms with Crippen molar-refractivity contribution in [2.45, 2.75) is 13.3 Å². The molecule has 0 spiro atoms. The van der Waals surface area contributed by atoms with E-state index in [9.17, 15) is 4.79 Å². The number of amides is 1. The molecule has 0 saturated heterocycles. The van der Waals surface area contributed by atoms with Crippen LogP contribution >= 0.6 is 0 Å². The number of carbonyl (C=O) groups excluding carboxylic acids is 1. The van der Waals surface area contributed by atoms with E-state index in [2.05, 4.69) is 10.6 Å². The number of hydrogen-bond donors (Lipinski definition) is 2. The third kappa shape index (κ3) is 5.38. The Morgan fingerprint density at radius 1 is 1.26 bits per heavy atom. The fourth-order valence-electron chi connectivity index (χ4n) is 1.40. The van der Waals surface area contributed by atoms with E-state index in [1.165, 1.54) is 13.1 Å². The van der Waals surface area contributed by atoms with E-state index in [0.29, 0.717) is 6.54 Å². The predicted molar refractivity (Wildman–Crippen MR) is 71.8 cm³/mol. The number of nitrogens with one attached hydrogen (secondary N) is 2. The smallest absolute Gasteiger partial charge is 0.216 e. The van der Waals surface area contributed by atoms with Crippen molar-refractivity contribution in [2.24, 2.45) is 0 Å². The summed E-state index contributed by atoms with van der Waals surface area (Å²) >= 11 is 0. The van der Waals surface area contributed by atoms with Crippen LogP contribution in [0.1, 0.15) is 12.5 Å². The molecule has 0 aliphatic heterocycles. The molecule has 1 aromatic rings. The van der Waals surface area contributed by atoms with Crippen LogP contribution in [0.2, 0.25) is 0 Å². The second-order valence-electron chi connectivity index (χ2n) is 3.86. The first-order chi connectivity index (χ1) is 9.15. The van der Waals surface area contributed by atoms with Gasteiger partial charge in [-0.3, -0.25) is 4.79 Å². The summed E-state index contributed by atoms with van der Waals surface area (Å²) in [5.74, 6) is -0.0380. The van der Waals surface area contributed by atoms with Gasteiger partial charge >= 0.3 is 0 Å². The lowest BCUT2D eigenvalue weighted by Gasteiger charge is -2.04. The number of nitrogens with zero attached hydrogens (tertiary/aromatic N) is 2. The summed E-state index contributed by atoms with van der Waals surface area (Å²) in [5.41, 5.74) is 1.92. The van der Waals surface area contributed by atoms with Crippen molar-refractivity contribution in [3.05, 3.63) is 41.6 Å². The van der Waals surface area contributed by atoms with Crippen molar-refractivity contribution in [2.75, 3.05) is 11.9 Å². The first kappa shape index (κ1) is 14.3. The largest absolute Gasteiger partial charge is 0.360 e. The van der Waals surface area contributed by atoms with Crippen molar-refractivity contribution < 1.29 is 4.79 Å². The lowest BCUT2D eigenvalue weighted by atomic mass is 10.1. The maximum absolute atomic E-state index is 10.7. The van der Waals surface area contributed by atoms with Gasteiger partial charge in [0.15, 0.2) is 0 Å². The molecular weight excluding hydrogens is 240 g/mol. The highest BCUT2D eigenvalue weighted by molar-refractivity contribution is 5.72. The standard InChI is InChI=1S/C14H14N4O/c1-11(19)17-7-6-12-2-4-14(5-3-12)18-10-13(8-15)9-16/h2-5,10,18H,6-7H2,1H3,(H,17,19). The number of nitriles is 2. The molecule has 1 rings (SSSR count). The lowest BCUT2D eigenvalue weighted by molar-refractivity contribution is -0.118. The maximum Gasteiger partial charge on any atom is 0.216 e. The molecule has 0 aliphatic carbocycles. The van der Waals surface area contributed by atoms with E-state index in [0.717, 1.165) is 17.7 Å². The highest BCUT2D eigenvalue weighted by Crippen LogP contribution is 2.10. The Kier molecular flexibility index (Phi) is 5.65. The maximum atomic E-state index is 10.7. The zero-order valence-electron chi connectivity index (χ0n) is 10.6. The average molecular weight is 254 g/mol. The molecule has 0 atom stereocenters. The minimum atomic E-state index is -0.0380. The van der Waals surface area contributed by atoms with Crippen LogP contribution in [0.15, 0.2) is 36.0 Å². The van der Waals surface area contributed by atoms with Crippen molar-refractivity contribution >= 4 is 11.6 Å². The van der Waals surface area contributed by atoms with E-state index >= 15 is 0 Å². The summed E-state index contributed by atoms with van der Waals surface area (Å²) in [7, 11) is 0. The number of hydrogen-bond acceptors (Lipinski definition) is 4. The molecule has 1 amide bonds. The quantitative estimate of drug-likeness (QED) is 0.783. The minimum Gasteiger partial charge on any atom is -0.360 e. The van der Waals surface area contributed by atoms with Crippen LogP contribution in [0.3, 0.4) is 0 Å². The van der Waals surface area contributed by atoms with Gasteiger partial charge in [-0.1, -0.05) is 12.1 Å². The zero-order valence-corrected chi connectivity index (χ0v) is 10.6. The van der Waals surface area contributed by atoms with Gasteiger partial charge in [-0.15, -0.1) is 0 Å². The molecule has 0 unspecified atom stereocenters.